The maximum atomic E-state index is 12.9. The zero-order valence-corrected chi connectivity index (χ0v) is 26.3. The van der Waals surface area contributed by atoms with E-state index in [9.17, 15) is 4.79 Å². The molecule has 0 spiro atoms. The Morgan fingerprint density at radius 3 is 2.18 bits per heavy atom. The zero-order valence-electron chi connectivity index (χ0n) is 22.6. The van der Waals surface area contributed by atoms with Crippen LogP contribution in [0.25, 0.3) is 0 Å². The lowest BCUT2D eigenvalue weighted by Crippen LogP contribution is -3.00. The largest absolute Gasteiger partial charge is 1.00 e. The van der Waals surface area contributed by atoms with Crippen molar-refractivity contribution in [1.82, 2.24) is 5.32 Å². The third-order valence-corrected chi connectivity index (χ3v) is 7.21. The summed E-state index contributed by atoms with van der Waals surface area (Å²) in [5.74, 6) is 1.64. The van der Waals surface area contributed by atoms with Crippen molar-refractivity contribution in [3.63, 3.8) is 0 Å². The number of carbonyl (C=O) groups excluding carboxylic acids is 1. The lowest BCUT2D eigenvalue weighted by Gasteiger charge is -2.36. The zero-order chi connectivity index (χ0) is 27.2. The molecule has 0 fully saturated rings. The molecule has 208 valence electrons. The summed E-state index contributed by atoms with van der Waals surface area (Å²) in [5.41, 5.74) is 2.89. The minimum absolute atomic E-state index is 0. The van der Waals surface area contributed by atoms with Crippen molar-refractivity contribution in [2.45, 2.75) is 26.3 Å². The van der Waals surface area contributed by atoms with E-state index in [0.717, 1.165) is 25.1 Å². The number of anilines is 1. The maximum Gasteiger partial charge on any atom is 0.319 e. The fourth-order valence-electron chi connectivity index (χ4n) is 4.24. The molecule has 7 nitrogen and oxygen atoms in total. The molecule has 2 N–H and O–H groups in total. The van der Waals surface area contributed by atoms with Crippen LogP contribution in [-0.2, 0) is 6.42 Å². The predicted molar refractivity (Wildman–Crippen MR) is 150 cm³/mol. The van der Waals surface area contributed by atoms with Crippen LogP contribution in [0, 0.1) is 5.92 Å². The van der Waals surface area contributed by atoms with Crippen molar-refractivity contribution in [2.24, 2.45) is 5.92 Å². The van der Waals surface area contributed by atoms with E-state index in [0.29, 0.717) is 37.5 Å². The third kappa shape index (κ3) is 8.43. The number of hydrogen-bond donors (Lipinski definition) is 2. The molecule has 2 aromatic rings. The Labute approximate surface area is 252 Å². The fraction of sp³-hybridized carbons (Fsp3) is 0.393. The highest BCUT2D eigenvalue weighted by Crippen LogP contribution is 2.40. The topological polar surface area (TPSA) is 68.8 Å². The van der Waals surface area contributed by atoms with Gasteiger partial charge in [-0.15, -0.1) is 0 Å². The van der Waals surface area contributed by atoms with E-state index in [1.807, 2.05) is 18.2 Å². The Morgan fingerprint density at radius 2 is 1.68 bits per heavy atom. The quantitative estimate of drug-likeness (QED) is 0.300. The second-order valence-corrected chi connectivity index (χ2v) is 10.5. The molecule has 2 atom stereocenters. The van der Waals surface area contributed by atoms with Crippen molar-refractivity contribution < 1.29 is 47.5 Å². The summed E-state index contributed by atoms with van der Waals surface area (Å²) in [5, 5.41) is 7.17. The first-order valence-corrected chi connectivity index (χ1v) is 12.9. The van der Waals surface area contributed by atoms with Crippen LogP contribution in [0.5, 0.6) is 17.2 Å². The summed E-state index contributed by atoms with van der Waals surface area (Å²) in [6.07, 6.45) is 7.38. The number of urea groups is 1. The van der Waals surface area contributed by atoms with Gasteiger partial charge >= 0.3 is 6.03 Å². The summed E-state index contributed by atoms with van der Waals surface area (Å²) in [7, 11) is 6.78. The molecule has 1 heterocycles. The van der Waals surface area contributed by atoms with E-state index < -0.39 is 0 Å². The van der Waals surface area contributed by atoms with Gasteiger partial charge in [-0.3, -0.25) is 4.48 Å². The molecule has 0 aromatic heterocycles. The Kier molecular flexibility index (Phi) is 12.1. The first kappa shape index (κ1) is 32.1. The fourth-order valence-corrected chi connectivity index (χ4v) is 4.56. The number of benzene rings is 2. The summed E-state index contributed by atoms with van der Waals surface area (Å²) >= 11 is 12.2. The highest BCUT2D eigenvalue weighted by Gasteiger charge is 2.29. The molecule has 0 radical (unpaired) electrons. The Bertz CT molecular complexity index is 1160. The first-order chi connectivity index (χ1) is 17.6. The van der Waals surface area contributed by atoms with Gasteiger partial charge in [-0.1, -0.05) is 43.1 Å². The Hall–Kier alpha value is -2.14. The molecule has 0 saturated carbocycles. The Balaban J connectivity index is 0.00000507. The van der Waals surface area contributed by atoms with Crippen LogP contribution in [-0.4, -0.2) is 58.0 Å². The van der Waals surface area contributed by atoms with Crippen molar-refractivity contribution in [3.8, 4) is 17.2 Å². The number of halogens is 3. The van der Waals surface area contributed by atoms with Crippen LogP contribution in [0.15, 0.2) is 54.3 Å². The van der Waals surface area contributed by atoms with Gasteiger partial charge in [-0.25, -0.2) is 4.79 Å². The van der Waals surface area contributed by atoms with Gasteiger partial charge < -0.3 is 48.8 Å². The number of ether oxygens (including phenoxy) is 3. The second-order valence-electron chi connectivity index (χ2n) is 9.73. The molecule has 3 rings (SSSR count). The minimum Gasteiger partial charge on any atom is -1.00 e. The number of hydrogen-bond acceptors (Lipinski definition) is 4. The maximum absolute atomic E-state index is 12.9. The normalized spacial score (nSPS) is 17.2. The van der Waals surface area contributed by atoms with Gasteiger partial charge in [-0.05, 0) is 47.8 Å². The standard InChI is InChI=1S/C28H35Cl2N3O4.HI/c1-18(2)24(32-28(34)31-21-15-25(35-4)27(37-6)26(16-21)36-5)17-33(3)11-9-19(10-12-33)13-20-7-8-22(29)23(30)14-20;/h7-11,14-16,18,24H,12-13,17H2,1-6H3,(H-,31,32,34);1H/t24-,33?;/m0./s1. The van der Waals surface area contributed by atoms with Crippen molar-refractivity contribution in [1.29, 1.82) is 0 Å². The van der Waals surface area contributed by atoms with Crippen molar-refractivity contribution in [3.05, 3.63) is 69.9 Å². The highest BCUT2D eigenvalue weighted by molar-refractivity contribution is 6.42. The minimum atomic E-state index is -0.295. The molecular weight excluding hydrogens is 640 g/mol. The molecule has 2 amide bonds. The first-order valence-electron chi connectivity index (χ1n) is 12.1. The van der Waals surface area contributed by atoms with Gasteiger partial charge in [-0.2, -0.15) is 0 Å². The van der Waals surface area contributed by atoms with Crippen LogP contribution in [0.3, 0.4) is 0 Å². The number of methoxy groups -OCH3 is 3. The molecule has 0 bridgehead atoms. The van der Waals surface area contributed by atoms with E-state index >= 15 is 0 Å². The van der Waals surface area contributed by atoms with E-state index in [-0.39, 0.29) is 42.0 Å². The van der Waals surface area contributed by atoms with Crippen molar-refractivity contribution in [2.75, 3.05) is 46.8 Å². The number of amides is 2. The average molecular weight is 676 g/mol. The highest BCUT2D eigenvalue weighted by atomic mass is 127. The molecule has 0 aliphatic carbocycles. The van der Waals surface area contributed by atoms with E-state index in [2.05, 4.69) is 49.9 Å². The number of carbonyl (C=O) groups is 1. The van der Waals surface area contributed by atoms with Gasteiger partial charge in [0.15, 0.2) is 11.5 Å². The van der Waals surface area contributed by atoms with Crippen LogP contribution < -0.4 is 48.8 Å². The van der Waals surface area contributed by atoms with Gasteiger partial charge in [0, 0.05) is 12.1 Å². The molecular formula is C28H36Cl2IN3O4. The summed E-state index contributed by atoms with van der Waals surface area (Å²) in [4.78, 5) is 12.9. The number of rotatable bonds is 10. The number of quaternary nitrogens is 1. The Morgan fingerprint density at radius 1 is 1.03 bits per heavy atom. The summed E-state index contributed by atoms with van der Waals surface area (Å²) in [6.45, 7) is 5.78. The van der Waals surface area contributed by atoms with Crippen LogP contribution in [0.1, 0.15) is 19.4 Å². The number of likely N-dealkylation sites (N-methyl/N-ethyl adjacent to an activating group) is 1. The summed E-state index contributed by atoms with van der Waals surface area (Å²) < 4.78 is 16.8. The summed E-state index contributed by atoms with van der Waals surface area (Å²) in [6, 6.07) is 8.79. The van der Waals surface area contributed by atoms with E-state index in [1.54, 1.807) is 12.1 Å². The van der Waals surface area contributed by atoms with Crippen LogP contribution >= 0.6 is 23.2 Å². The lowest BCUT2D eigenvalue weighted by atomic mass is 10.00. The van der Waals surface area contributed by atoms with Gasteiger partial charge in [0.05, 0.1) is 56.4 Å². The number of allylic oxidation sites excluding steroid dienone is 2. The molecule has 1 unspecified atom stereocenters. The molecule has 1 aliphatic rings. The van der Waals surface area contributed by atoms with E-state index in [1.165, 1.54) is 26.9 Å². The van der Waals surface area contributed by atoms with Gasteiger partial charge in [0.1, 0.15) is 13.1 Å². The van der Waals surface area contributed by atoms with E-state index in [4.69, 9.17) is 37.4 Å². The molecule has 0 saturated heterocycles. The molecule has 1 aliphatic heterocycles. The number of nitrogens with zero attached hydrogens (tertiary/aromatic N) is 1. The van der Waals surface area contributed by atoms with Crippen molar-refractivity contribution >= 4 is 34.9 Å². The average Bonchev–Trinajstić information content (AvgIpc) is 2.86. The van der Waals surface area contributed by atoms with Crippen LogP contribution in [0.4, 0.5) is 10.5 Å². The van der Waals surface area contributed by atoms with Crippen LogP contribution in [0.2, 0.25) is 10.0 Å². The van der Waals surface area contributed by atoms with Gasteiger partial charge in [0.2, 0.25) is 5.75 Å². The molecule has 2 aromatic carbocycles. The third-order valence-electron chi connectivity index (χ3n) is 6.47. The lowest BCUT2D eigenvalue weighted by molar-refractivity contribution is -0.855. The molecule has 10 heteroatoms. The van der Waals surface area contributed by atoms with Gasteiger partial charge in [0.25, 0.3) is 0 Å². The monoisotopic (exact) mass is 675 g/mol. The molecule has 38 heavy (non-hydrogen) atoms. The predicted octanol–water partition coefficient (Wildman–Crippen LogP) is 3.31. The SMILES string of the molecule is COc1cc(NC(=O)N[C@@H](C[N+]2(C)C=CC(Cc3ccc(Cl)c(Cl)c3)=CC2)C(C)C)cc(OC)c1OC.[I-]. The number of nitrogens with one attached hydrogen (secondary N) is 2. The smallest absolute Gasteiger partial charge is 0.319 e. The second kappa shape index (κ2) is 14.3.